The Bertz CT molecular complexity index is 464. The molecule has 0 atom stereocenters. The molecule has 6 heteroatoms. The maximum Gasteiger partial charge on any atom is 0.307 e. The molecule has 0 aliphatic heterocycles. The number of benzene rings is 1. The summed E-state index contributed by atoms with van der Waals surface area (Å²) in [5, 5.41) is 18.9. The third kappa shape index (κ3) is 4.65. The third-order valence-corrected chi connectivity index (χ3v) is 2.14. The molecule has 18 heavy (non-hydrogen) atoms. The molecule has 0 spiro atoms. The van der Waals surface area contributed by atoms with Gasteiger partial charge in [-0.25, -0.2) is 0 Å². The van der Waals surface area contributed by atoms with E-state index in [-0.39, 0.29) is 18.7 Å². The highest BCUT2D eigenvalue weighted by Crippen LogP contribution is 2.17. The molecule has 0 aliphatic carbocycles. The van der Waals surface area contributed by atoms with Gasteiger partial charge in [-0.05, 0) is 24.6 Å². The van der Waals surface area contributed by atoms with Crippen LogP contribution in [0, 0.1) is 10.1 Å². The molecule has 0 aliphatic rings. The zero-order valence-corrected chi connectivity index (χ0v) is 9.83. The summed E-state index contributed by atoms with van der Waals surface area (Å²) in [7, 11) is 0. The number of carbonyl (C=O) groups is 1. The predicted molar refractivity (Wildman–Crippen MR) is 64.6 cm³/mol. The highest BCUT2D eigenvalue weighted by Gasteiger charge is 2.04. The summed E-state index contributed by atoms with van der Waals surface area (Å²) >= 11 is 0. The minimum atomic E-state index is -0.898. The Hall–Kier alpha value is -2.37. The van der Waals surface area contributed by atoms with Crippen molar-refractivity contribution in [3.8, 4) is 5.75 Å². The number of ether oxygens (including phenoxy) is 1. The second-order valence-electron chi connectivity index (χ2n) is 3.69. The van der Waals surface area contributed by atoms with Gasteiger partial charge in [0.25, 0.3) is 5.69 Å². The van der Waals surface area contributed by atoms with Crippen LogP contribution >= 0.6 is 0 Å². The molecule has 1 aromatic carbocycles. The van der Waals surface area contributed by atoms with E-state index >= 15 is 0 Å². The fourth-order valence-corrected chi connectivity index (χ4v) is 1.18. The van der Waals surface area contributed by atoms with Gasteiger partial charge in [0.2, 0.25) is 0 Å². The van der Waals surface area contributed by atoms with Crippen LogP contribution in [0.3, 0.4) is 0 Å². The number of non-ortho nitro benzene ring substituents is 1. The van der Waals surface area contributed by atoms with E-state index in [0.29, 0.717) is 5.75 Å². The molecular weight excluding hydrogens is 238 g/mol. The average molecular weight is 251 g/mol. The summed E-state index contributed by atoms with van der Waals surface area (Å²) in [6.07, 6.45) is 1.52. The first-order valence-corrected chi connectivity index (χ1v) is 5.23. The Morgan fingerprint density at radius 3 is 2.56 bits per heavy atom. The van der Waals surface area contributed by atoms with Crippen molar-refractivity contribution in [3.63, 3.8) is 0 Å². The van der Waals surface area contributed by atoms with Gasteiger partial charge < -0.3 is 9.84 Å². The number of rotatable bonds is 6. The van der Waals surface area contributed by atoms with Crippen LogP contribution in [0.25, 0.3) is 0 Å². The number of carboxylic acids is 1. The number of hydrogen-bond acceptors (Lipinski definition) is 4. The summed E-state index contributed by atoms with van der Waals surface area (Å²) in [5.74, 6) is -0.395. The Kier molecular flexibility index (Phi) is 4.86. The molecule has 0 aromatic heterocycles. The van der Waals surface area contributed by atoms with E-state index in [1.54, 1.807) is 13.0 Å². The van der Waals surface area contributed by atoms with Gasteiger partial charge >= 0.3 is 5.97 Å². The van der Waals surface area contributed by atoms with Gasteiger partial charge in [-0.1, -0.05) is 6.08 Å². The van der Waals surface area contributed by atoms with Crippen LogP contribution in [0.1, 0.15) is 13.3 Å². The van der Waals surface area contributed by atoms with E-state index in [1.165, 1.54) is 24.3 Å². The zero-order valence-electron chi connectivity index (χ0n) is 9.83. The number of aliphatic carboxylic acids is 1. The van der Waals surface area contributed by atoms with Gasteiger partial charge in [-0.15, -0.1) is 0 Å². The van der Waals surface area contributed by atoms with Gasteiger partial charge in [-0.2, -0.15) is 0 Å². The first kappa shape index (κ1) is 13.7. The van der Waals surface area contributed by atoms with Crippen LogP contribution < -0.4 is 4.74 Å². The Labute approximate surface area is 104 Å². The van der Waals surface area contributed by atoms with Gasteiger partial charge in [0, 0.05) is 12.1 Å². The molecule has 0 saturated carbocycles. The van der Waals surface area contributed by atoms with E-state index in [0.717, 1.165) is 5.57 Å². The lowest BCUT2D eigenvalue weighted by atomic mass is 10.2. The molecule has 96 valence electrons. The van der Waals surface area contributed by atoms with Gasteiger partial charge in [0.15, 0.2) is 0 Å². The van der Waals surface area contributed by atoms with Crippen molar-refractivity contribution in [2.45, 2.75) is 13.3 Å². The van der Waals surface area contributed by atoms with Crippen LogP contribution in [-0.4, -0.2) is 22.6 Å². The van der Waals surface area contributed by atoms with Gasteiger partial charge in [0.1, 0.15) is 12.4 Å². The monoisotopic (exact) mass is 251 g/mol. The Morgan fingerprint density at radius 1 is 1.44 bits per heavy atom. The molecule has 0 fully saturated rings. The summed E-state index contributed by atoms with van der Waals surface area (Å²) in [6.45, 7) is 2.01. The topological polar surface area (TPSA) is 89.7 Å². The predicted octanol–water partition coefficient (Wildman–Crippen LogP) is 2.39. The van der Waals surface area contributed by atoms with Crippen molar-refractivity contribution < 1.29 is 19.6 Å². The van der Waals surface area contributed by atoms with Crippen LogP contribution in [0.5, 0.6) is 5.75 Å². The molecule has 0 bridgehead atoms. The summed E-state index contributed by atoms with van der Waals surface area (Å²) in [6, 6.07) is 5.71. The molecule has 1 aromatic rings. The fourth-order valence-electron chi connectivity index (χ4n) is 1.18. The first-order chi connectivity index (χ1) is 8.49. The average Bonchev–Trinajstić information content (AvgIpc) is 2.34. The Morgan fingerprint density at radius 2 is 2.06 bits per heavy atom. The van der Waals surface area contributed by atoms with Crippen LogP contribution in [0.15, 0.2) is 35.9 Å². The largest absolute Gasteiger partial charge is 0.489 e. The van der Waals surface area contributed by atoms with Crippen molar-refractivity contribution >= 4 is 11.7 Å². The van der Waals surface area contributed by atoms with Crippen molar-refractivity contribution in [2.75, 3.05) is 6.61 Å². The number of hydrogen-bond donors (Lipinski definition) is 1. The lowest BCUT2D eigenvalue weighted by Crippen LogP contribution is -2.00. The molecule has 0 unspecified atom stereocenters. The number of nitrogens with zero attached hydrogens (tertiary/aromatic N) is 1. The van der Waals surface area contributed by atoms with Crippen LogP contribution in [0.2, 0.25) is 0 Å². The lowest BCUT2D eigenvalue weighted by molar-refractivity contribution is -0.384. The third-order valence-electron chi connectivity index (χ3n) is 2.14. The van der Waals surface area contributed by atoms with Crippen LogP contribution in [-0.2, 0) is 4.79 Å². The van der Waals surface area contributed by atoms with Crippen molar-refractivity contribution in [3.05, 3.63) is 46.0 Å². The van der Waals surface area contributed by atoms with E-state index in [1.807, 2.05) is 0 Å². The van der Waals surface area contributed by atoms with E-state index in [2.05, 4.69) is 0 Å². The SMILES string of the molecule is C/C(=C\CC(=O)O)COc1ccc([N+](=O)[O-])cc1. The fraction of sp³-hybridized carbons (Fsp3) is 0.250. The van der Waals surface area contributed by atoms with E-state index in [4.69, 9.17) is 9.84 Å². The van der Waals surface area contributed by atoms with E-state index < -0.39 is 10.9 Å². The van der Waals surface area contributed by atoms with Crippen LogP contribution in [0.4, 0.5) is 5.69 Å². The number of nitro groups is 1. The van der Waals surface area contributed by atoms with Crippen molar-refractivity contribution in [1.82, 2.24) is 0 Å². The Balaban J connectivity index is 2.51. The number of carboxylic acid groups (broad SMARTS) is 1. The van der Waals surface area contributed by atoms with Gasteiger partial charge in [-0.3, -0.25) is 14.9 Å². The summed E-state index contributed by atoms with van der Waals surface area (Å²) < 4.78 is 5.35. The molecule has 6 nitrogen and oxygen atoms in total. The quantitative estimate of drug-likeness (QED) is 0.476. The maximum absolute atomic E-state index is 10.4. The lowest BCUT2D eigenvalue weighted by Gasteiger charge is -2.05. The normalized spacial score (nSPS) is 11.1. The zero-order chi connectivity index (χ0) is 13.5. The van der Waals surface area contributed by atoms with Crippen molar-refractivity contribution in [1.29, 1.82) is 0 Å². The molecule has 0 saturated heterocycles. The molecule has 0 amide bonds. The minimum Gasteiger partial charge on any atom is -0.489 e. The molecule has 0 heterocycles. The smallest absolute Gasteiger partial charge is 0.307 e. The summed E-state index contributed by atoms with van der Waals surface area (Å²) in [4.78, 5) is 20.3. The second kappa shape index (κ2) is 6.39. The molecule has 0 radical (unpaired) electrons. The van der Waals surface area contributed by atoms with Gasteiger partial charge in [0.05, 0.1) is 11.3 Å². The highest BCUT2D eigenvalue weighted by atomic mass is 16.6. The standard InChI is InChI=1S/C12H13NO5/c1-9(2-7-12(14)15)8-18-11-5-3-10(4-6-11)13(16)17/h2-6H,7-8H2,1H3,(H,14,15)/b9-2+. The molecular formula is C12H13NO5. The molecule has 1 N–H and O–H groups in total. The van der Waals surface area contributed by atoms with E-state index in [9.17, 15) is 14.9 Å². The van der Waals surface area contributed by atoms with Crippen molar-refractivity contribution in [2.24, 2.45) is 0 Å². The maximum atomic E-state index is 10.4. The molecule has 1 rings (SSSR count). The summed E-state index contributed by atoms with van der Waals surface area (Å²) in [5.41, 5.74) is 0.788. The minimum absolute atomic E-state index is 0.000455. The highest BCUT2D eigenvalue weighted by molar-refractivity contribution is 5.68. The number of nitro benzene ring substituents is 1. The second-order valence-corrected chi connectivity index (χ2v) is 3.69. The first-order valence-electron chi connectivity index (χ1n) is 5.23.